The smallest absolute Gasteiger partial charge is 0.308 e. The van der Waals surface area contributed by atoms with Crippen LogP contribution in [0.15, 0.2) is 35.2 Å². The molecule has 24 heavy (non-hydrogen) atoms. The third-order valence-electron chi connectivity index (χ3n) is 2.76. The van der Waals surface area contributed by atoms with Crippen molar-refractivity contribution < 1.29 is 19.1 Å². The second kappa shape index (κ2) is 8.99. The van der Waals surface area contributed by atoms with Gasteiger partial charge in [0.2, 0.25) is 0 Å². The van der Waals surface area contributed by atoms with Crippen LogP contribution in [0.25, 0.3) is 0 Å². The fourth-order valence-corrected chi connectivity index (χ4v) is 2.37. The van der Waals surface area contributed by atoms with Crippen molar-refractivity contribution in [3.63, 3.8) is 0 Å². The second-order valence-electron chi connectivity index (χ2n) is 4.59. The molecule has 2 aromatic rings. The molecule has 0 saturated heterocycles. The monoisotopic (exact) mass is 367 g/mol. The van der Waals surface area contributed by atoms with Gasteiger partial charge in [-0.05, 0) is 23.6 Å². The summed E-state index contributed by atoms with van der Waals surface area (Å²) in [6.07, 6.45) is 1.36. The molecule has 2 heterocycles. The van der Waals surface area contributed by atoms with Crippen LogP contribution in [0.2, 0.25) is 5.02 Å². The van der Waals surface area contributed by atoms with Gasteiger partial charge < -0.3 is 15.4 Å². The highest BCUT2D eigenvalue weighted by Crippen LogP contribution is 2.09. The number of pyridine rings is 1. The van der Waals surface area contributed by atoms with E-state index in [0.717, 1.165) is 0 Å². The number of rotatable bonds is 7. The van der Waals surface area contributed by atoms with Crippen LogP contribution in [0.3, 0.4) is 0 Å². The molecular weight excluding hydrogens is 354 g/mol. The predicted molar refractivity (Wildman–Crippen MR) is 90.1 cm³/mol. The van der Waals surface area contributed by atoms with E-state index in [2.05, 4.69) is 15.6 Å². The van der Waals surface area contributed by atoms with E-state index in [0.29, 0.717) is 16.4 Å². The molecule has 0 aliphatic carbocycles. The Morgan fingerprint density at radius 2 is 2.08 bits per heavy atom. The van der Waals surface area contributed by atoms with Crippen molar-refractivity contribution in [1.29, 1.82) is 0 Å². The van der Waals surface area contributed by atoms with Gasteiger partial charge in [-0.2, -0.15) is 11.3 Å². The predicted octanol–water partition coefficient (Wildman–Crippen LogP) is 2.10. The van der Waals surface area contributed by atoms with Gasteiger partial charge in [0.15, 0.2) is 6.61 Å². The molecule has 2 rings (SSSR count). The van der Waals surface area contributed by atoms with Gasteiger partial charge in [0.1, 0.15) is 5.82 Å². The Kier molecular flexibility index (Phi) is 6.71. The SMILES string of the molecule is O=C(COC(=O)CCNC(=O)c1ccsc1)Nc1ccc(Cl)cn1. The van der Waals surface area contributed by atoms with Gasteiger partial charge in [0, 0.05) is 23.7 Å². The van der Waals surface area contributed by atoms with Crippen LogP contribution in [-0.4, -0.2) is 35.9 Å². The first-order valence-corrected chi connectivity index (χ1v) is 8.24. The van der Waals surface area contributed by atoms with Crippen molar-refractivity contribution >= 4 is 46.5 Å². The van der Waals surface area contributed by atoms with Gasteiger partial charge in [-0.15, -0.1) is 0 Å². The van der Waals surface area contributed by atoms with Gasteiger partial charge in [0.25, 0.3) is 11.8 Å². The Morgan fingerprint density at radius 3 is 2.75 bits per heavy atom. The molecule has 2 N–H and O–H groups in total. The summed E-state index contributed by atoms with van der Waals surface area (Å²) in [5.41, 5.74) is 0.545. The third kappa shape index (κ3) is 5.98. The van der Waals surface area contributed by atoms with Crippen molar-refractivity contribution in [3.8, 4) is 0 Å². The fraction of sp³-hybridized carbons (Fsp3) is 0.200. The van der Waals surface area contributed by atoms with Crippen LogP contribution < -0.4 is 10.6 Å². The number of anilines is 1. The number of nitrogens with zero attached hydrogens (tertiary/aromatic N) is 1. The largest absolute Gasteiger partial charge is 0.456 e. The number of amides is 2. The second-order valence-corrected chi connectivity index (χ2v) is 5.80. The summed E-state index contributed by atoms with van der Waals surface area (Å²) in [4.78, 5) is 38.7. The summed E-state index contributed by atoms with van der Waals surface area (Å²) in [6, 6.07) is 4.79. The van der Waals surface area contributed by atoms with E-state index in [9.17, 15) is 14.4 Å². The number of aromatic nitrogens is 1. The average Bonchev–Trinajstić information content (AvgIpc) is 3.10. The molecule has 7 nitrogen and oxygen atoms in total. The molecule has 0 saturated carbocycles. The number of carbonyl (C=O) groups is 3. The van der Waals surface area contributed by atoms with Crippen LogP contribution in [0.1, 0.15) is 16.8 Å². The van der Waals surface area contributed by atoms with E-state index in [-0.39, 0.29) is 18.9 Å². The lowest BCUT2D eigenvalue weighted by atomic mass is 10.3. The van der Waals surface area contributed by atoms with E-state index in [1.54, 1.807) is 22.9 Å². The number of halogens is 1. The average molecular weight is 368 g/mol. The van der Waals surface area contributed by atoms with Crippen LogP contribution >= 0.6 is 22.9 Å². The van der Waals surface area contributed by atoms with Gasteiger partial charge in [0.05, 0.1) is 11.4 Å². The summed E-state index contributed by atoms with van der Waals surface area (Å²) in [6.45, 7) is -0.296. The molecule has 0 aliphatic rings. The van der Waals surface area contributed by atoms with Gasteiger partial charge in [-0.25, -0.2) is 4.98 Å². The Balaban J connectivity index is 1.63. The maximum Gasteiger partial charge on any atom is 0.308 e. The van der Waals surface area contributed by atoms with Crippen LogP contribution in [-0.2, 0) is 14.3 Å². The summed E-state index contributed by atoms with van der Waals surface area (Å²) >= 11 is 7.09. The minimum absolute atomic E-state index is 0.0254. The number of ether oxygens (including phenoxy) is 1. The summed E-state index contributed by atoms with van der Waals surface area (Å²) in [7, 11) is 0. The standard InChI is InChI=1S/C15H14ClN3O4S/c16-11-1-2-12(18-7-11)19-13(20)8-23-14(21)3-5-17-15(22)10-4-6-24-9-10/h1-2,4,6-7,9H,3,5,8H2,(H,17,22)(H,18,19,20). The van der Waals surface area contributed by atoms with Crippen LogP contribution in [0, 0.1) is 0 Å². The maximum absolute atomic E-state index is 11.6. The zero-order valence-corrected chi connectivity index (χ0v) is 14.0. The Bertz CT molecular complexity index is 704. The van der Waals surface area contributed by atoms with Crippen molar-refractivity contribution in [2.45, 2.75) is 6.42 Å². The van der Waals surface area contributed by atoms with E-state index in [4.69, 9.17) is 16.3 Å². The zero-order valence-electron chi connectivity index (χ0n) is 12.5. The Labute approximate surface area is 147 Å². The Hall–Kier alpha value is -2.45. The molecule has 0 spiro atoms. The van der Waals surface area contributed by atoms with E-state index >= 15 is 0 Å². The first-order valence-electron chi connectivity index (χ1n) is 6.92. The molecule has 0 aliphatic heterocycles. The first kappa shape index (κ1) is 17.9. The third-order valence-corrected chi connectivity index (χ3v) is 3.66. The molecule has 9 heteroatoms. The highest BCUT2D eigenvalue weighted by Gasteiger charge is 2.10. The molecule has 0 bridgehead atoms. The van der Waals surface area contributed by atoms with E-state index in [1.807, 2.05) is 0 Å². The lowest BCUT2D eigenvalue weighted by Gasteiger charge is -2.06. The molecule has 2 amide bonds. The molecule has 0 radical (unpaired) electrons. The number of thiophene rings is 1. The van der Waals surface area contributed by atoms with Crippen LogP contribution in [0.5, 0.6) is 0 Å². The molecule has 0 aromatic carbocycles. The summed E-state index contributed by atoms with van der Waals surface area (Å²) < 4.78 is 4.82. The number of carbonyl (C=O) groups excluding carboxylic acids is 3. The van der Waals surface area contributed by atoms with Crippen molar-refractivity contribution in [2.75, 3.05) is 18.5 Å². The maximum atomic E-state index is 11.6. The highest BCUT2D eigenvalue weighted by molar-refractivity contribution is 7.08. The van der Waals surface area contributed by atoms with Gasteiger partial charge in [-0.3, -0.25) is 14.4 Å². The number of hydrogen-bond donors (Lipinski definition) is 2. The Morgan fingerprint density at radius 1 is 1.25 bits per heavy atom. The number of esters is 1. The van der Waals surface area contributed by atoms with E-state index in [1.165, 1.54) is 23.6 Å². The minimum Gasteiger partial charge on any atom is -0.456 e. The molecule has 126 valence electrons. The number of hydrogen-bond acceptors (Lipinski definition) is 6. The summed E-state index contributed by atoms with van der Waals surface area (Å²) in [5.74, 6) is -1.04. The molecule has 0 fully saturated rings. The lowest BCUT2D eigenvalue weighted by molar-refractivity contribution is -0.147. The highest BCUT2D eigenvalue weighted by atomic mass is 35.5. The normalized spacial score (nSPS) is 10.0. The first-order chi connectivity index (χ1) is 11.5. The lowest BCUT2D eigenvalue weighted by Crippen LogP contribution is -2.27. The number of nitrogens with one attached hydrogen (secondary N) is 2. The van der Waals surface area contributed by atoms with Gasteiger partial charge >= 0.3 is 5.97 Å². The molecule has 0 unspecified atom stereocenters. The molecule has 2 aromatic heterocycles. The van der Waals surface area contributed by atoms with Gasteiger partial charge in [-0.1, -0.05) is 11.6 Å². The molecule has 0 atom stereocenters. The molecular formula is C15H14ClN3O4S. The van der Waals surface area contributed by atoms with Crippen molar-refractivity contribution in [3.05, 3.63) is 45.7 Å². The van der Waals surface area contributed by atoms with E-state index < -0.39 is 18.5 Å². The zero-order chi connectivity index (χ0) is 17.4. The van der Waals surface area contributed by atoms with Crippen LogP contribution in [0.4, 0.5) is 5.82 Å². The minimum atomic E-state index is -0.583. The van der Waals surface area contributed by atoms with Crippen molar-refractivity contribution in [1.82, 2.24) is 10.3 Å². The summed E-state index contributed by atoms with van der Waals surface area (Å²) in [5, 5.41) is 9.00. The quantitative estimate of drug-likeness (QED) is 0.730. The van der Waals surface area contributed by atoms with Crippen molar-refractivity contribution in [2.24, 2.45) is 0 Å². The fourth-order valence-electron chi connectivity index (χ4n) is 1.62. The topological polar surface area (TPSA) is 97.4 Å².